The molecular formula is C23H29N3O2. The first kappa shape index (κ1) is 19.9. The maximum atomic E-state index is 12.5. The van der Waals surface area contributed by atoms with Crippen LogP contribution in [0.5, 0.6) is 0 Å². The minimum absolute atomic E-state index is 0.0712. The molecule has 2 unspecified atom stereocenters. The molecule has 0 saturated carbocycles. The Morgan fingerprint density at radius 3 is 2.07 bits per heavy atom. The van der Waals surface area contributed by atoms with Crippen molar-refractivity contribution < 1.29 is 9.59 Å². The molecule has 0 aromatic heterocycles. The summed E-state index contributed by atoms with van der Waals surface area (Å²) in [5.41, 5.74) is 2.17. The van der Waals surface area contributed by atoms with Gasteiger partial charge in [-0.25, -0.2) is 4.79 Å². The van der Waals surface area contributed by atoms with Gasteiger partial charge in [0, 0.05) is 12.5 Å². The predicted octanol–water partition coefficient (Wildman–Crippen LogP) is 3.91. The number of benzene rings is 2. The normalized spacial score (nSPS) is 18.6. The quantitative estimate of drug-likeness (QED) is 0.578. The number of urea groups is 1. The Morgan fingerprint density at radius 1 is 0.929 bits per heavy atom. The van der Waals surface area contributed by atoms with Crippen molar-refractivity contribution in [3.8, 4) is 0 Å². The summed E-state index contributed by atoms with van der Waals surface area (Å²) in [7, 11) is 0. The summed E-state index contributed by atoms with van der Waals surface area (Å²) < 4.78 is 0. The topological polar surface area (TPSA) is 70.2 Å². The molecular weight excluding hydrogens is 350 g/mol. The number of amides is 3. The van der Waals surface area contributed by atoms with Crippen LogP contribution in [0.25, 0.3) is 0 Å². The van der Waals surface area contributed by atoms with Crippen molar-refractivity contribution in [1.29, 1.82) is 0 Å². The molecule has 3 rings (SSSR count). The standard InChI is InChI=1S/C23H29N3O2/c1-17-20(25-23(28)24-17)15-9-4-10-16-21(27)26-22(18-11-5-2-6-12-18)19-13-7-3-8-14-19/h2-3,5-8,11-14,17,20,22H,4,9-10,15-16H2,1H3,(H,26,27)(H2,24,25,28). The largest absolute Gasteiger partial charge is 0.345 e. The highest BCUT2D eigenvalue weighted by molar-refractivity contribution is 5.77. The number of nitrogens with one attached hydrogen (secondary N) is 3. The van der Waals surface area contributed by atoms with Crippen LogP contribution in [-0.4, -0.2) is 24.0 Å². The van der Waals surface area contributed by atoms with Crippen LogP contribution in [0.2, 0.25) is 0 Å². The van der Waals surface area contributed by atoms with Crippen molar-refractivity contribution >= 4 is 11.9 Å². The van der Waals surface area contributed by atoms with E-state index >= 15 is 0 Å². The molecule has 0 radical (unpaired) electrons. The second kappa shape index (κ2) is 9.93. The van der Waals surface area contributed by atoms with Crippen LogP contribution in [0.4, 0.5) is 4.79 Å². The van der Waals surface area contributed by atoms with Crippen molar-refractivity contribution in [2.45, 2.75) is 57.2 Å². The number of hydrogen-bond acceptors (Lipinski definition) is 2. The van der Waals surface area contributed by atoms with Crippen molar-refractivity contribution in [2.75, 3.05) is 0 Å². The van der Waals surface area contributed by atoms with Crippen molar-refractivity contribution in [2.24, 2.45) is 0 Å². The lowest BCUT2D eigenvalue weighted by atomic mass is 9.98. The molecule has 0 bridgehead atoms. The van der Waals surface area contributed by atoms with E-state index in [-0.39, 0.29) is 30.1 Å². The first-order chi connectivity index (χ1) is 13.6. The van der Waals surface area contributed by atoms with E-state index in [4.69, 9.17) is 0 Å². The first-order valence-electron chi connectivity index (χ1n) is 10.1. The number of carbonyl (C=O) groups excluding carboxylic acids is 2. The smallest absolute Gasteiger partial charge is 0.315 e. The van der Waals surface area contributed by atoms with E-state index in [1.165, 1.54) is 0 Å². The summed E-state index contributed by atoms with van der Waals surface area (Å²) >= 11 is 0. The predicted molar refractivity (Wildman–Crippen MR) is 111 cm³/mol. The van der Waals surface area contributed by atoms with Gasteiger partial charge in [0.1, 0.15) is 0 Å². The van der Waals surface area contributed by atoms with Gasteiger partial charge in [0.15, 0.2) is 0 Å². The third kappa shape index (κ3) is 5.59. The Bertz CT molecular complexity index is 724. The lowest BCUT2D eigenvalue weighted by molar-refractivity contribution is -0.121. The highest BCUT2D eigenvalue weighted by Crippen LogP contribution is 2.22. The van der Waals surface area contributed by atoms with Gasteiger partial charge >= 0.3 is 6.03 Å². The minimum Gasteiger partial charge on any atom is -0.345 e. The molecule has 148 valence electrons. The van der Waals surface area contributed by atoms with E-state index in [1.807, 2.05) is 67.6 Å². The Labute approximate surface area is 166 Å². The zero-order valence-electron chi connectivity index (χ0n) is 16.4. The van der Waals surface area contributed by atoms with E-state index < -0.39 is 0 Å². The monoisotopic (exact) mass is 379 g/mol. The fourth-order valence-corrected chi connectivity index (χ4v) is 3.67. The molecule has 0 spiro atoms. The van der Waals surface area contributed by atoms with Gasteiger partial charge in [-0.05, 0) is 30.9 Å². The van der Waals surface area contributed by atoms with Gasteiger partial charge in [0.05, 0.1) is 12.1 Å². The van der Waals surface area contributed by atoms with Crippen molar-refractivity contribution in [1.82, 2.24) is 16.0 Å². The second-order valence-corrected chi connectivity index (χ2v) is 7.43. The fraction of sp³-hybridized carbons (Fsp3) is 0.391. The summed E-state index contributed by atoms with van der Waals surface area (Å²) in [6.07, 6.45) is 4.29. The van der Waals surface area contributed by atoms with Gasteiger partial charge in [-0.3, -0.25) is 4.79 Å². The molecule has 3 N–H and O–H groups in total. The van der Waals surface area contributed by atoms with Gasteiger partial charge in [-0.2, -0.15) is 0 Å². The van der Waals surface area contributed by atoms with Gasteiger partial charge in [0.25, 0.3) is 0 Å². The average Bonchev–Trinajstić information content (AvgIpc) is 3.04. The molecule has 1 heterocycles. The number of carbonyl (C=O) groups is 2. The van der Waals surface area contributed by atoms with E-state index in [0.29, 0.717) is 6.42 Å². The molecule has 2 atom stereocenters. The fourth-order valence-electron chi connectivity index (χ4n) is 3.67. The molecule has 0 aliphatic carbocycles. The highest BCUT2D eigenvalue weighted by atomic mass is 16.2. The molecule has 5 heteroatoms. The molecule has 28 heavy (non-hydrogen) atoms. The molecule has 2 aromatic carbocycles. The maximum absolute atomic E-state index is 12.5. The average molecular weight is 380 g/mol. The Morgan fingerprint density at radius 2 is 1.54 bits per heavy atom. The Kier molecular flexibility index (Phi) is 7.06. The third-order valence-corrected chi connectivity index (χ3v) is 5.27. The van der Waals surface area contributed by atoms with E-state index in [0.717, 1.165) is 36.8 Å². The summed E-state index contributed by atoms with van der Waals surface area (Å²) in [5.74, 6) is 0.0712. The van der Waals surface area contributed by atoms with Crippen LogP contribution in [0.1, 0.15) is 56.2 Å². The SMILES string of the molecule is CC1NC(=O)NC1CCCCCC(=O)NC(c1ccccc1)c1ccccc1. The van der Waals surface area contributed by atoms with Gasteiger partial charge < -0.3 is 16.0 Å². The first-order valence-corrected chi connectivity index (χ1v) is 10.1. The molecule has 5 nitrogen and oxygen atoms in total. The molecule has 1 fully saturated rings. The van der Waals surface area contributed by atoms with E-state index in [2.05, 4.69) is 16.0 Å². The van der Waals surface area contributed by atoms with E-state index in [1.54, 1.807) is 0 Å². The molecule has 3 amide bonds. The molecule has 1 aliphatic rings. The molecule has 1 saturated heterocycles. The van der Waals surface area contributed by atoms with Crippen LogP contribution in [0.3, 0.4) is 0 Å². The Hall–Kier alpha value is -2.82. The lowest BCUT2D eigenvalue weighted by Gasteiger charge is -2.20. The van der Waals surface area contributed by atoms with Crippen LogP contribution in [-0.2, 0) is 4.79 Å². The van der Waals surface area contributed by atoms with Crippen LogP contribution >= 0.6 is 0 Å². The lowest BCUT2D eigenvalue weighted by Crippen LogP contribution is -2.30. The summed E-state index contributed by atoms with van der Waals surface area (Å²) in [4.78, 5) is 23.8. The summed E-state index contributed by atoms with van der Waals surface area (Å²) in [6.45, 7) is 2.02. The van der Waals surface area contributed by atoms with Crippen molar-refractivity contribution in [3.63, 3.8) is 0 Å². The molecule has 2 aromatic rings. The Balaban J connectivity index is 1.46. The second-order valence-electron chi connectivity index (χ2n) is 7.43. The van der Waals surface area contributed by atoms with E-state index in [9.17, 15) is 9.59 Å². The minimum atomic E-state index is -0.129. The van der Waals surface area contributed by atoms with Crippen LogP contribution in [0.15, 0.2) is 60.7 Å². The van der Waals surface area contributed by atoms with Crippen LogP contribution < -0.4 is 16.0 Å². The van der Waals surface area contributed by atoms with Crippen LogP contribution in [0, 0.1) is 0 Å². The number of rotatable bonds is 9. The van der Waals surface area contributed by atoms with Gasteiger partial charge in [-0.15, -0.1) is 0 Å². The maximum Gasteiger partial charge on any atom is 0.315 e. The third-order valence-electron chi connectivity index (χ3n) is 5.27. The van der Waals surface area contributed by atoms with Gasteiger partial charge in [-0.1, -0.05) is 73.5 Å². The van der Waals surface area contributed by atoms with Crippen molar-refractivity contribution in [3.05, 3.63) is 71.8 Å². The zero-order valence-corrected chi connectivity index (χ0v) is 16.4. The summed E-state index contributed by atoms with van der Waals surface area (Å²) in [6, 6.07) is 20.3. The summed E-state index contributed by atoms with van der Waals surface area (Å²) in [5, 5.41) is 8.99. The zero-order chi connectivity index (χ0) is 19.8. The highest BCUT2D eigenvalue weighted by Gasteiger charge is 2.26. The molecule has 1 aliphatic heterocycles. The number of unbranched alkanes of at least 4 members (excludes halogenated alkanes) is 2. The number of hydrogen-bond donors (Lipinski definition) is 3. The van der Waals surface area contributed by atoms with Gasteiger partial charge in [0.2, 0.25) is 5.91 Å².